The molecule has 0 aliphatic rings. The van der Waals surface area contributed by atoms with Gasteiger partial charge in [0.25, 0.3) is 5.91 Å². The van der Waals surface area contributed by atoms with E-state index in [0.717, 1.165) is 10.5 Å². The lowest BCUT2D eigenvalue weighted by Crippen LogP contribution is -2.21. The predicted octanol–water partition coefficient (Wildman–Crippen LogP) is 3.09. The molecule has 0 bridgehead atoms. The molecule has 13 heteroatoms. The minimum Gasteiger partial charge on any atom is -0.493 e. The van der Waals surface area contributed by atoms with Gasteiger partial charge in [0, 0.05) is 16.2 Å². The highest BCUT2D eigenvalue weighted by Crippen LogP contribution is 2.28. The van der Waals surface area contributed by atoms with E-state index in [0.29, 0.717) is 35.3 Å². The van der Waals surface area contributed by atoms with Crippen LogP contribution in [0.15, 0.2) is 63.2 Å². The van der Waals surface area contributed by atoms with Crippen molar-refractivity contribution < 1.29 is 18.9 Å². The van der Waals surface area contributed by atoms with Crippen LogP contribution in [0.2, 0.25) is 0 Å². The molecule has 4 rings (SSSR count). The number of rotatable bonds is 10. The highest BCUT2D eigenvalue weighted by atomic mass is 32.2. The summed E-state index contributed by atoms with van der Waals surface area (Å²) in [6.07, 6.45) is 0. The lowest BCUT2D eigenvalue weighted by Gasteiger charge is -2.11. The fourth-order valence-electron chi connectivity index (χ4n) is 3.20. The fraction of sp³-hybridized carbons (Fsp3) is 0.217. The van der Waals surface area contributed by atoms with Crippen molar-refractivity contribution in [2.45, 2.75) is 24.5 Å². The first-order chi connectivity index (χ1) is 17.5. The maximum absolute atomic E-state index is 13.1. The van der Waals surface area contributed by atoms with E-state index in [2.05, 4.69) is 31.2 Å². The summed E-state index contributed by atoms with van der Waals surface area (Å²) in [4.78, 5) is 14.1. The van der Waals surface area contributed by atoms with E-state index in [4.69, 9.17) is 19.8 Å². The molecule has 0 spiro atoms. The average Bonchev–Trinajstić information content (AvgIpc) is 3.52. The Labute approximate surface area is 210 Å². The van der Waals surface area contributed by atoms with E-state index in [1.54, 1.807) is 26.2 Å². The van der Waals surface area contributed by atoms with Crippen molar-refractivity contribution in [1.82, 2.24) is 30.7 Å². The van der Waals surface area contributed by atoms with Gasteiger partial charge in [0.05, 0.1) is 25.1 Å². The zero-order valence-electron chi connectivity index (χ0n) is 19.8. The van der Waals surface area contributed by atoms with Crippen LogP contribution in [0.4, 0.5) is 5.82 Å². The van der Waals surface area contributed by atoms with E-state index in [9.17, 15) is 4.79 Å². The summed E-state index contributed by atoms with van der Waals surface area (Å²) in [5, 5.41) is 19.7. The van der Waals surface area contributed by atoms with Crippen LogP contribution in [0.25, 0.3) is 5.82 Å². The first-order valence-corrected chi connectivity index (χ1v) is 11.9. The SMILES string of the molecule is CCOc1ccc(/C(C)=N\NC(=O)c2nnn(-c3nonc3N)c2CSc2ccccc2)cc1OC. The van der Waals surface area contributed by atoms with Crippen molar-refractivity contribution in [3.63, 3.8) is 0 Å². The van der Waals surface area contributed by atoms with E-state index in [-0.39, 0.29) is 17.3 Å². The molecule has 12 nitrogen and oxygen atoms in total. The number of carbonyl (C=O) groups is 1. The number of carbonyl (C=O) groups excluding carboxylic acids is 1. The number of amides is 1. The van der Waals surface area contributed by atoms with Crippen molar-refractivity contribution >= 4 is 29.2 Å². The number of nitrogens with zero attached hydrogens (tertiary/aromatic N) is 6. The second-order valence-electron chi connectivity index (χ2n) is 7.31. The molecule has 1 amide bonds. The maximum Gasteiger partial charge on any atom is 0.293 e. The number of nitrogens with two attached hydrogens (primary N) is 1. The number of anilines is 1. The Kier molecular flexibility index (Phi) is 7.80. The van der Waals surface area contributed by atoms with E-state index >= 15 is 0 Å². The number of methoxy groups -OCH3 is 1. The molecular weight excluding hydrogens is 484 g/mol. The summed E-state index contributed by atoms with van der Waals surface area (Å²) in [6.45, 7) is 4.17. The van der Waals surface area contributed by atoms with Crippen molar-refractivity contribution in [3.8, 4) is 17.3 Å². The molecule has 0 aliphatic heterocycles. The number of thioether (sulfide) groups is 1. The van der Waals surface area contributed by atoms with Crippen molar-refractivity contribution in [3.05, 3.63) is 65.5 Å². The molecule has 2 heterocycles. The van der Waals surface area contributed by atoms with Crippen LogP contribution < -0.4 is 20.6 Å². The first kappa shape index (κ1) is 24.7. The lowest BCUT2D eigenvalue weighted by atomic mass is 10.1. The second-order valence-corrected chi connectivity index (χ2v) is 8.36. The Morgan fingerprint density at radius 1 is 1.19 bits per heavy atom. The summed E-state index contributed by atoms with van der Waals surface area (Å²) in [7, 11) is 1.56. The Hall–Kier alpha value is -4.39. The minimum absolute atomic E-state index is 0.0242. The molecule has 4 aromatic rings. The summed E-state index contributed by atoms with van der Waals surface area (Å²) >= 11 is 1.50. The second kappa shape index (κ2) is 11.4. The molecule has 0 saturated heterocycles. The Morgan fingerprint density at radius 2 is 2.00 bits per heavy atom. The summed E-state index contributed by atoms with van der Waals surface area (Å²) in [5.74, 6) is 1.17. The third-order valence-electron chi connectivity index (χ3n) is 5.00. The number of hydrogen-bond donors (Lipinski definition) is 2. The number of nitrogens with one attached hydrogen (secondary N) is 1. The van der Waals surface area contributed by atoms with Gasteiger partial charge >= 0.3 is 0 Å². The number of nitrogen functional groups attached to an aromatic ring is 1. The summed E-state index contributed by atoms with van der Waals surface area (Å²) < 4.78 is 17.0. The van der Waals surface area contributed by atoms with E-state index < -0.39 is 5.91 Å². The number of aromatic nitrogens is 5. The summed E-state index contributed by atoms with van der Waals surface area (Å²) in [5.41, 5.74) is 10.2. The van der Waals surface area contributed by atoms with Crippen molar-refractivity contribution in [1.29, 1.82) is 0 Å². The molecule has 3 N–H and O–H groups in total. The third kappa shape index (κ3) is 5.46. The normalized spacial score (nSPS) is 11.4. The van der Waals surface area contributed by atoms with E-state index in [1.807, 2.05) is 43.3 Å². The molecule has 0 radical (unpaired) electrons. The van der Waals surface area contributed by atoms with Crippen LogP contribution in [0, 0.1) is 0 Å². The van der Waals surface area contributed by atoms with Gasteiger partial charge in [-0.25, -0.2) is 10.1 Å². The van der Waals surface area contributed by atoms with Crippen molar-refractivity contribution in [2.75, 3.05) is 19.5 Å². The van der Waals surface area contributed by atoms with Crippen LogP contribution in [0.1, 0.15) is 35.6 Å². The molecule has 0 unspecified atom stereocenters. The fourth-order valence-corrected chi connectivity index (χ4v) is 4.12. The van der Waals surface area contributed by atoms with Crippen LogP contribution in [-0.4, -0.2) is 50.6 Å². The molecule has 2 aromatic heterocycles. The lowest BCUT2D eigenvalue weighted by molar-refractivity contribution is 0.0949. The molecule has 0 fully saturated rings. The van der Waals surface area contributed by atoms with Gasteiger partial charge in [0.1, 0.15) is 0 Å². The number of hydrazone groups is 1. The molecule has 36 heavy (non-hydrogen) atoms. The standard InChI is InChI=1S/C23H24N8O4S/c1-4-34-18-11-10-15(12-19(18)33-3)14(2)25-27-23(32)20-17(13-36-16-8-6-5-7-9-16)31(30-26-20)22-21(24)28-35-29-22/h5-12H,4,13H2,1-3H3,(H2,24,28)(H,27,32)/b25-14-. The zero-order valence-corrected chi connectivity index (χ0v) is 20.7. The average molecular weight is 509 g/mol. The number of benzene rings is 2. The number of hydrogen-bond acceptors (Lipinski definition) is 11. The largest absolute Gasteiger partial charge is 0.493 e. The van der Waals surface area contributed by atoms with Gasteiger partial charge in [0.2, 0.25) is 11.6 Å². The van der Waals surface area contributed by atoms with Gasteiger partial charge in [-0.2, -0.15) is 9.78 Å². The summed E-state index contributed by atoms with van der Waals surface area (Å²) in [6, 6.07) is 15.1. The monoisotopic (exact) mass is 508 g/mol. The Balaban J connectivity index is 1.58. The van der Waals surface area contributed by atoms with Gasteiger partial charge in [-0.1, -0.05) is 23.4 Å². The Bertz CT molecular complexity index is 1370. The number of ether oxygens (including phenoxy) is 2. The zero-order chi connectivity index (χ0) is 25.5. The minimum atomic E-state index is -0.544. The van der Waals surface area contributed by atoms with Crippen LogP contribution in [0.5, 0.6) is 11.5 Å². The highest BCUT2D eigenvalue weighted by Gasteiger charge is 2.24. The Morgan fingerprint density at radius 3 is 2.69 bits per heavy atom. The smallest absolute Gasteiger partial charge is 0.293 e. The van der Waals surface area contributed by atoms with Gasteiger partial charge in [-0.15, -0.1) is 16.9 Å². The molecule has 0 atom stereocenters. The third-order valence-corrected chi connectivity index (χ3v) is 6.02. The van der Waals surface area contributed by atoms with E-state index in [1.165, 1.54) is 16.4 Å². The molecule has 0 aliphatic carbocycles. The molecular formula is C23H24N8O4S. The predicted molar refractivity (Wildman–Crippen MR) is 133 cm³/mol. The van der Waals surface area contributed by atoms with Crippen LogP contribution in [-0.2, 0) is 5.75 Å². The topological polar surface area (TPSA) is 156 Å². The van der Waals surface area contributed by atoms with Crippen LogP contribution in [0.3, 0.4) is 0 Å². The molecule has 2 aromatic carbocycles. The molecule has 186 valence electrons. The first-order valence-electron chi connectivity index (χ1n) is 10.9. The van der Waals surface area contributed by atoms with Gasteiger partial charge in [-0.3, -0.25) is 4.79 Å². The van der Waals surface area contributed by atoms with Gasteiger partial charge < -0.3 is 15.2 Å². The quantitative estimate of drug-likeness (QED) is 0.185. The van der Waals surface area contributed by atoms with Gasteiger partial charge in [0.15, 0.2) is 17.2 Å². The van der Waals surface area contributed by atoms with Crippen LogP contribution >= 0.6 is 11.8 Å². The van der Waals surface area contributed by atoms with Gasteiger partial charge in [-0.05, 0) is 54.5 Å². The molecule has 0 saturated carbocycles. The highest BCUT2D eigenvalue weighted by molar-refractivity contribution is 7.98. The van der Waals surface area contributed by atoms with Crippen molar-refractivity contribution in [2.24, 2.45) is 5.10 Å². The maximum atomic E-state index is 13.1.